The molecule has 1 aliphatic heterocycles. The highest BCUT2D eigenvalue weighted by Gasteiger charge is 2.01. The Kier molecular flexibility index (Phi) is 8.24. The average molecular weight is 228 g/mol. The molecule has 0 aromatic carbocycles. The van der Waals surface area contributed by atoms with Crippen LogP contribution in [0.15, 0.2) is 0 Å². The first-order valence-electron chi connectivity index (χ1n) is 6.24. The summed E-state index contributed by atoms with van der Waals surface area (Å²) >= 11 is 0. The van der Waals surface area contributed by atoms with Gasteiger partial charge in [0, 0.05) is 65.2 Å². The van der Waals surface area contributed by atoms with E-state index in [9.17, 15) is 4.79 Å². The summed E-state index contributed by atoms with van der Waals surface area (Å²) in [7, 11) is 0. The minimum absolute atomic E-state index is 0.343. The van der Waals surface area contributed by atoms with Crippen molar-refractivity contribution in [3.8, 4) is 0 Å². The highest BCUT2D eigenvalue weighted by molar-refractivity contribution is 5.78. The van der Waals surface area contributed by atoms with E-state index < -0.39 is 0 Å². The highest BCUT2D eigenvalue weighted by Crippen LogP contribution is 1.87. The third-order valence-corrected chi connectivity index (χ3v) is 2.60. The second-order valence-corrected chi connectivity index (χ2v) is 4.04. The zero-order valence-electron chi connectivity index (χ0n) is 9.98. The third-order valence-electron chi connectivity index (χ3n) is 2.60. The topological polar surface area (TPSA) is 65.2 Å². The maximum absolute atomic E-state index is 11.4. The highest BCUT2D eigenvalue weighted by atomic mass is 16.1. The lowest BCUT2D eigenvalue weighted by atomic mass is 10.2. The van der Waals surface area contributed by atoms with E-state index in [1.165, 1.54) is 0 Å². The maximum atomic E-state index is 11.4. The Morgan fingerprint density at radius 3 is 1.25 bits per heavy atom. The molecule has 1 aliphatic rings. The van der Waals surface area contributed by atoms with Gasteiger partial charge in [-0.15, -0.1) is 0 Å². The molecule has 0 amide bonds. The molecular weight excluding hydrogens is 204 g/mol. The smallest absolute Gasteiger partial charge is 0.135 e. The van der Waals surface area contributed by atoms with E-state index in [4.69, 9.17) is 0 Å². The van der Waals surface area contributed by atoms with Crippen LogP contribution in [0.25, 0.3) is 0 Å². The zero-order valence-corrected chi connectivity index (χ0v) is 9.98. The largest absolute Gasteiger partial charge is 0.315 e. The van der Waals surface area contributed by atoms with Crippen molar-refractivity contribution in [2.45, 2.75) is 12.8 Å². The molecule has 4 N–H and O–H groups in total. The first-order valence-corrected chi connectivity index (χ1v) is 6.24. The standard InChI is InChI=1S/C11H24N4O/c16-11-1-3-12-5-7-14-9-10-15-8-6-13-4-2-11/h12-15H,1-10H2. The maximum Gasteiger partial charge on any atom is 0.135 e. The molecule has 1 saturated heterocycles. The summed E-state index contributed by atoms with van der Waals surface area (Å²) in [6, 6.07) is 0. The van der Waals surface area contributed by atoms with Crippen LogP contribution in [0.5, 0.6) is 0 Å². The van der Waals surface area contributed by atoms with E-state index in [1.54, 1.807) is 0 Å². The Labute approximate surface area is 97.7 Å². The Morgan fingerprint density at radius 2 is 0.875 bits per heavy atom. The van der Waals surface area contributed by atoms with Gasteiger partial charge in [-0.1, -0.05) is 0 Å². The van der Waals surface area contributed by atoms with Crippen molar-refractivity contribution in [1.29, 1.82) is 0 Å². The number of Topliss-reactive ketones (excluding diaryl/α,β-unsaturated/α-hetero) is 1. The third kappa shape index (κ3) is 7.76. The number of rotatable bonds is 0. The van der Waals surface area contributed by atoms with Gasteiger partial charge >= 0.3 is 0 Å². The zero-order chi connectivity index (χ0) is 11.5. The summed E-state index contributed by atoms with van der Waals surface area (Å²) in [5, 5.41) is 13.2. The van der Waals surface area contributed by atoms with Gasteiger partial charge < -0.3 is 21.3 Å². The summed E-state index contributed by atoms with van der Waals surface area (Å²) in [6.45, 7) is 7.41. The Hall–Kier alpha value is -0.490. The van der Waals surface area contributed by atoms with Gasteiger partial charge in [0.2, 0.25) is 0 Å². The minimum atomic E-state index is 0.343. The van der Waals surface area contributed by atoms with E-state index in [-0.39, 0.29) is 0 Å². The summed E-state index contributed by atoms with van der Waals surface area (Å²) < 4.78 is 0. The molecule has 1 fully saturated rings. The number of hydrogen-bond donors (Lipinski definition) is 4. The molecule has 0 spiro atoms. The van der Waals surface area contributed by atoms with Crippen LogP contribution in [-0.2, 0) is 4.79 Å². The summed E-state index contributed by atoms with van der Waals surface area (Å²) in [5.41, 5.74) is 0. The lowest BCUT2D eigenvalue weighted by molar-refractivity contribution is -0.118. The second-order valence-electron chi connectivity index (χ2n) is 4.04. The van der Waals surface area contributed by atoms with Gasteiger partial charge in [0.05, 0.1) is 0 Å². The van der Waals surface area contributed by atoms with Crippen molar-refractivity contribution in [1.82, 2.24) is 21.3 Å². The van der Waals surface area contributed by atoms with E-state index >= 15 is 0 Å². The molecule has 1 heterocycles. The van der Waals surface area contributed by atoms with Crippen LogP contribution in [0.4, 0.5) is 0 Å². The average Bonchev–Trinajstić information content (AvgIpc) is 2.29. The van der Waals surface area contributed by atoms with Crippen molar-refractivity contribution < 1.29 is 4.79 Å². The SMILES string of the molecule is O=C1CCNCCNCCNCCNCC1. The van der Waals surface area contributed by atoms with Crippen molar-refractivity contribution in [3.63, 3.8) is 0 Å². The second kappa shape index (κ2) is 9.72. The van der Waals surface area contributed by atoms with Crippen LogP contribution < -0.4 is 21.3 Å². The Bertz CT molecular complexity index is 169. The molecule has 0 bridgehead atoms. The monoisotopic (exact) mass is 228 g/mol. The number of nitrogens with one attached hydrogen (secondary N) is 4. The van der Waals surface area contributed by atoms with Crippen molar-refractivity contribution in [2.24, 2.45) is 0 Å². The fourth-order valence-electron chi connectivity index (χ4n) is 1.61. The number of ketones is 1. The summed E-state index contributed by atoms with van der Waals surface area (Å²) in [6.07, 6.45) is 1.31. The van der Waals surface area contributed by atoms with E-state index in [0.29, 0.717) is 18.6 Å². The molecule has 5 heteroatoms. The fourth-order valence-corrected chi connectivity index (χ4v) is 1.61. The van der Waals surface area contributed by atoms with Crippen molar-refractivity contribution in [2.75, 3.05) is 52.4 Å². The molecule has 1 rings (SSSR count). The first-order chi connectivity index (χ1) is 7.89. The van der Waals surface area contributed by atoms with Crippen LogP contribution in [0, 0.1) is 0 Å². The van der Waals surface area contributed by atoms with Gasteiger partial charge in [0.1, 0.15) is 5.78 Å². The predicted octanol–water partition coefficient (Wildman–Crippen LogP) is -1.29. The van der Waals surface area contributed by atoms with E-state index in [2.05, 4.69) is 21.3 Å². The molecule has 16 heavy (non-hydrogen) atoms. The normalized spacial score (nSPS) is 23.4. The Morgan fingerprint density at radius 1 is 0.562 bits per heavy atom. The molecule has 0 saturated carbocycles. The van der Waals surface area contributed by atoms with Gasteiger partial charge in [-0.2, -0.15) is 0 Å². The predicted molar refractivity (Wildman–Crippen MR) is 65.7 cm³/mol. The molecule has 0 atom stereocenters. The number of carbonyl (C=O) groups excluding carboxylic acids is 1. The fraction of sp³-hybridized carbons (Fsp3) is 0.909. The van der Waals surface area contributed by atoms with Gasteiger partial charge in [-0.05, 0) is 0 Å². The minimum Gasteiger partial charge on any atom is -0.315 e. The molecular formula is C11H24N4O. The van der Waals surface area contributed by atoms with Crippen LogP contribution in [0.2, 0.25) is 0 Å². The Balaban J connectivity index is 2.13. The molecule has 5 nitrogen and oxygen atoms in total. The number of hydrogen-bond acceptors (Lipinski definition) is 5. The van der Waals surface area contributed by atoms with Crippen LogP contribution in [0.1, 0.15) is 12.8 Å². The van der Waals surface area contributed by atoms with Crippen LogP contribution >= 0.6 is 0 Å². The van der Waals surface area contributed by atoms with Gasteiger partial charge in [0.15, 0.2) is 0 Å². The van der Waals surface area contributed by atoms with Crippen LogP contribution in [0.3, 0.4) is 0 Å². The molecule has 0 radical (unpaired) electrons. The molecule has 94 valence electrons. The summed E-state index contributed by atoms with van der Waals surface area (Å²) in [5.74, 6) is 0.343. The quantitative estimate of drug-likeness (QED) is 0.415. The molecule has 0 aliphatic carbocycles. The molecule has 0 unspecified atom stereocenters. The molecule has 0 aromatic heterocycles. The van der Waals surface area contributed by atoms with E-state index in [1.807, 2.05) is 0 Å². The summed E-state index contributed by atoms with van der Waals surface area (Å²) in [4.78, 5) is 11.4. The van der Waals surface area contributed by atoms with Gasteiger partial charge in [-0.25, -0.2) is 0 Å². The van der Waals surface area contributed by atoms with Gasteiger partial charge in [0.25, 0.3) is 0 Å². The lowest BCUT2D eigenvalue weighted by Gasteiger charge is -2.06. The number of carbonyl (C=O) groups is 1. The van der Waals surface area contributed by atoms with Crippen molar-refractivity contribution in [3.05, 3.63) is 0 Å². The lowest BCUT2D eigenvalue weighted by Crippen LogP contribution is -2.35. The van der Waals surface area contributed by atoms with E-state index in [0.717, 1.165) is 52.4 Å². The van der Waals surface area contributed by atoms with Gasteiger partial charge in [-0.3, -0.25) is 4.79 Å². The molecule has 0 aromatic rings. The first kappa shape index (κ1) is 13.6. The van der Waals surface area contributed by atoms with Crippen LogP contribution in [-0.4, -0.2) is 58.1 Å². The van der Waals surface area contributed by atoms with Crippen molar-refractivity contribution >= 4 is 5.78 Å².